The first kappa shape index (κ1) is 107. The normalized spacial score (nSPS) is 25.1. The molecule has 0 radical (unpaired) electrons. The molecule has 0 bridgehead atoms. The summed E-state index contributed by atoms with van der Waals surface area (Å²) in [7, 11) is -9.15. The zero-order valence-corrected chi connectivity index (χ0v) is 84.1. The lowest BCUT2D eigenvalue weighted by Gasteiger charge is -2.28. The van der Waals surface area contributed by atoms with E-state index in [0.717, 1.165) is 50.6 Å². The molecular weight excluding hydrogens is 1910 g/mol. The van der Waals surface area contributed by atoms with E-state index in [4.69, 9.17) is 55.6 Å². The molecular formula is C93H117F6N18O21P3. The molecule has 3 fully saturated rings. The third-order valence-corrected chi connectivity index (χ3v) is 27.4. The molecule has 0 unspecified atom stereocenters. The standard InChI is InChI=1S/3C31H39F2N6O7P/c3*1-18(26(40)43-15-29(3,4)5)38-47(42,46-22-14-10-12-20-11-8-9-13-21(20)22)44-16-31(33)27(41)30(6,32)28(45-31)39-17-35-23-24(34-7)36-19(2)37-25(23)39/h3*8-14,17-18,27-28,41H,15-16H2,1-7H3,(H,38,42)(H,34,36,37)/t18-,27+,28-,30-,31-,47+;18-,27-,28+,30+,31+,47+;18-,27-,28+,30+,31+,47-/m100/s1. The lowest BCUT2D eigenvalue weighted by Crippen LogP contribution is -2.47. The average Bonchev–Trinajstić information content (AvgIpc) is 1.58. The molecule has 0 amide bonds. The number of esters is 3. The second-order valence-corrected chi connectivity index (χ2v) is 43.7. The molecule has 6 aromatic heterocycles. The number of aryl methyl sites for hydroxylation is 3. The molecule has 3 aliphatic rings. The molecule has 6 aromatic carbocycles. The average molecular weight is 2030 g/mol. The maximum absolute atomic E-state index is 16.5. The van der Waals surface area contributed by atoms with E-state index in [1.807, 2.05) is 62.3 Å². The summed E-state index contributed by atoms with van der Waals surface area (Å²) in [5.74, 6) is -9.68. The van der Waals surface area contributed by atoms with E-state index in [9.17, 15) is 43.4 Å². The van der Waals surface area contributed by atoms with Crippen molar-refractivity contribution in [3.05, 3.63) is 164 Å². The lowest BCUT2D eigenvalue weighted by molar-refractivity contribution is -0.203. The van der Waals surface area contributed by atoms with Gasteiger partial charge in [-0.1, -0.05) is 172 Å². The topological polar surface area (TPSA) is 477 Å². The Kier molecular flexibility index (Phi) is 31.3. The van der Waals surface area contributed by atoms with Gasteiger partial charge in [0.15, 0.2) is 105 Å². The van der Waals surface area contributed by atoms with Crippen molar-refractivity contribution in [1.82, 2.24) is 73.8 Å². The van der Waals surface area contributed by atoms with Gasteiger partial charge in [-0.25, -0.2) is 84.9 Å². The number of benzene rings is 6. The molecule has 762 valence electrons. The zero-order chi connectivity index (χ0) is 103. The van der Waals surface area contributed by atoms with Gasteiger partial charge in [0, 0.05) is 37.3 Å². The summed E-state index contributed by atoms with van der Waals surface area (Å²) in [6.07, 6.45) is -9.00. The van der Waals surface area contributed by atoms with Crippen molar-refractivity contribution >= 4 is 124 Å². The first-order valence-electron chi connectivity index (χ1n) is 44.9. The predicted molar refractivity (Wildman–Crippen MR) is 511 cm³/mol. The highest BCUT2D eigenvalue weighted by atomic mass is 31.2. The van der Waals surface area contributed by atoms with Crippen LogP contribution in [0.15, 0.2) is 146 Å². The molecule has 0 spiro atoms. The number of aliphatic hydroxyl groups excluding tert-OH is 3. The van der Waals surface area contributed by atoms with E-state index in [1.165, 1.54) is 58.0 Å². The fourth-order valence-electron chi connectivity index (χ4n) is 15.3. The maximum atomic E-state index is 16.5. The number of carbonyl (C=O) groups excluding carboxylic acids is 3. The van der Waals surface area contributed by atoms with Gasteiger partial charge in [-0.15, -0.1) is 0 Å². The Hall–Kier alpha value is -11.3. The Bertz CT molecular complexity index is 6110. The van der Waals surface area contributed by atoms with Crippen LogP contribution in [0, 0.1) is 37.0 Å². The molecule has 0 aliphatic carbocycles. The summed E-state index contributed by atoms with van der Waals surface area (Å²) in [6.45, 7) is 25.1. The predicted octanol–water partition coefficient (Wildman–Crippen LogP) is 16.2. The quantitative estimate of drug-likeness (QED) is 0.00798. The van der Waals surface area contributed by atoms with Crippen LogP contribution in [0.5, 0.6) is 17.2 Å². The van der Waals surface area contributed by atoms with Gasteiger partial charge in [0.05, 0.1) is 38.8 Å². The van der Waals surface area contributed by atoms with Crippen molar-refractivity contribution in [2.75, 3.05) is 76.7 Å². The van der Waals surface area contributed by atoms with Crippen molar-refractivity contribution in [2.24, 2.45) is 16.2 Å². The number of halogens is 6. The summed E-state index contributed by atoms with van der Waals surface area (Å²) in [6, 6.07) is 32.4. The van der Waals surface area contributed by atoms with E-state index < -0.39 is 151 Å². The molecule has 48 heteroatoms. The zero-order valence-electron chi connectivity index (χ0n) is 81.5. The Morgan fingerprint density at radius 3 is 0.865 bits per heavy atom. The largest absolute Gasteiger partial charge is 0.464 e. The van der Waals surface area contributed by atoms with Gasteiger partial charge in [-0.05, 0) is 113 Å². The third-order valence-electron chi connectivity index (χ3n) is 22.5. The molecule has 15 rings (SSSR count). The number of hydrogen-bond donors (Lipinski definition) is 9. The van der Waals surface area contributed by atoms with Gasteiger partial charge >= 0.3 is 41.1 Å². The smallest absolute Gasteiger partial charge is 0.459 e. The van der Waals surface area contributed by atoms with Crippen LogP contribution in [0.25, 0.3) is 65.8 Å². The summed E-state index contributed by atoms with van der Waals surface area (Å²) < 4.78 is 211. The number of alkyl halides is 6. The highest BCUT2D eigenvalue weighted by Gasteiger charge is 2.68. The third kappa shape index (κ3) is 23.8. The first-order valence-corrected chi connectivity index (χ1v) is 49.5. The van der Waals surface area contributed by atoms with Crippen molar-refractivity contribution in [3.63, 3.8) is 0 Å². The summed E-state index contributed by atoms with van der Waals surface area (Å²) in [5.41, 5.74) is -8.10. The minimum atomic E-state index is -4.67. The number of hydrogen-bond acceptors (Lipinski definition) is 33. The first-order chi connectivity index (χ1) is 65.9. The second kappa shape index (κ2) is 41.2. The molecule has 141 heavy (non-hydrogen) atoms. The molecule has 39 nitrogen and oxygen atoms in total. The van der Waals surface area contributed by atoms with E-state index in [0.29, 0.717) is 51.1 Å². The number of anilines is 3. The summed E-state index contributed by atoms with van der Waals surface area (Å²) >= 11 is 0. The number of nitrogens with one attached hydrogen (secondary N) is 6. The van der Waals surface area contributed by atoms with Gasteiger partial charge in [-0.2, -0.15) is 15.3 Å². The molecule has 0 saturated carbocycles. The molecule has 9 N–H and O–H groups in total. The molecule has 3 saturated heterocycles. The van der Waals surface area contributed by atoms with Crippen molar-refractivity contribution in [2.45, 2.75) is 214 Å². The van der Waals surface area contributed by atoms with E-state index in [2.05, 4.69) is 76.1 Å². The van der Waals surface area contributed by atoms with Crippen molar-refractivity contribution < 1.29 is 125 Å². The molecule has 12 aromatic rings. The monoisotopic (exact) mass is 2030 g/mol. The molecule has 3 aliphatic heterocycles. The lowest BCUT2D eigenvalue weighted by atomic mass is 9.97. The number of ether oxygens (including phenoxy) is 6. The molecule has 18 atom stereocenters. The van der Waals surface area contributed by atoms with Gasteiger partial charge in [0.1, 0.15) is 72.7 Å². The van der Waals surface area contributed by atoms with Gasteiger partial charge in [0.2, 0.25) is 0 Å². The van der Waals surface area contributed by atoms with Crippen LogP contribution in [0.1, 0.15) is 140 Å². The van der Waals surface area contributed by atoms with E-state index in [1.54, 1.807) is 151 Å². The van der Waals surface area contributed by atoms with Crippen LogP contribution in [0.4, 0.5) is 43.8 Å². The summed E-state index contributed by atoms with van der Waals surface area (Å²) in [4.78, 5) is 76.8. The van der Waals surface area contributed by atoms with Gasteiger partial charge in [0.25, 0.3) is 17.6 Å². The number of fused-ring (bicyclic) bond motifs is 6. The van der Waals surface area contributed by atoms with Gasteiger partial charge in [-0.3, -0.25) is 41.7 Å². The fraction of sp³-hybridized carbons (Fsp3) is 0.484. The highest BCUT2D eigenvalue weighted by Crippen LogP contribution is 2.58. The SMILES string of the molecule is CNc1nc(C)nc2c1ncn2[C@@H]1O[C@](F)(CO[P@@](=O)(N[C@@H](C)C(=O)OCC(C)(C)C)Oc2cccc3ccccc23)[C@@H](O)[C@@]1(C)F.CNc1nc(C)nc2c1ncn2[C@@H]1O[C@](F)(CO[P@@](=O)(N[C@H](C)C(=O)OCC(C)(C)C)Oc2cccc3ccccc23)[C@@H](O)[C@@]1(C)F.CNc1nc(C)nc2c1ncn2[C@@H]1O[C@](F)(CO[P@](=O)(N[C@@H](C)C(=O)OCC(C)(C)C)Oc2cccc3ccccc23)[C@@H](O)[C@@]1(C)F. The Morgan fingerprint density at radius 2 is 0.631 bits per heavy atom. The van der Waals surface area contributed by atoms with Crippen LogP contribution in [-0.4, -0.2) is 224 Å². The minimum absolute atomic E-state index is 0.0699. The van der Waals surface area contributed by atoms with Crippen molar-refractivity contribution in [1.29, 1.82) is 0 Å². The van der Waals surface area contributed by atoms with E-state index >= 15 is 26.3 Å². The van der Waals surface area contributed by atoms with Crippen molar-refractivity contribution in [3.8, 4) is 17.2 Å². The summed E-state index contributed by atoms with van der Waals surface area (Å²) in [5, 5.41) is 52.9. The maximum Gasteiger partial charge on any atom is 0.459 e. The van der Waals surface area contributed by atoms with Crippen LogP contribution in [-0.2, 0) is 70.1 Å². The number of aromatic nitrogens is 12. The fourth-order valence-corrected chi connectivity index (χ4v) is 19.9. The highest BCUT2D eigenvalue weighted by molar-refractivity contribution is 7.52. The minimum Gasteiger partial charge on any atom is -0.464 e. The van der Waals surface area contributed by atoms with Crippen LogP contribution < -0.4 is 44.8 Å². The number of aliphatic hydroxyl groups is 3. The van der Waals surface area contributed by atoms with Crippen LogP contribution in [0.2, 0.25) is 0 Å². The van der Waals surface area contributed by atoms with Gasteiger partial charge < -0.3 is 73.3 Å². The second-order valence-electron chi connectivity index (χ2n) is 38.6. The molecule has 9 heterocycles. The van der Waals surface area contributed by atoms with Crippen LogP contribution >= 0.6 is 23.2 Å². The Balaban J connectivity index is 0.000000178. The van der Waals surface area contributed by atoms with E-state index in [-0.39, 0.29) is 86.8 Å². The number of rotatable bonds is 33. The Morgan fingerprint density at radius 1 is 0.397 bits per heavy atom. The van der Waals surface area contributed by atoms with Crippen LogP contribution in [0.3, 0.4) is 0 Å². The Labute approximate surface area is 808 Å². The number of imidazole rings is 3. The number of carbonyl (C=O) groups is 3. The number of nitrogens with zero attached hydrogens (tertiary/aromatic N) is 12.